The van der Waals surface area contributed by atoms with Crippen molar-refractivity contribution in [3.63, 3.8) is 0 Å². The molecule has 1 heterocycles. The maximum absolute atomic E-state index is 13.5. The third-order valence-corrected chi connectivity index (χ3v) is 2.87. The summed E-state index contributed by atoms with van der Waals surface area (Å²) in [4.78, 5) is 10.5. The van der Waals surface area contributed by atoms with Crippen molar-refractivity contribution in [2.75, 3.05) is 0 Å². The average Bonchev–Trinajstić information content (AvgIpc) is 2.69. The van der Waals surface area contributed by atoms with E-state index >= 15 is 0 Å². The van der Waals surface area contributed by atoms with Gasteiger partial charge in [-0.1, -0.05) is 6.07 Å². The van der Waals surface area contributed by atoms with E-state index in [1.54, 1.807) is 0 Å². The van der Waals surface area contributed by atoms with Crippen molar-refractivity contribution in [1.82, 2.24) is 9.78 Å². The van der Waals surface area contributed by atoms with E-state index < -0.39 is 29.2 Å². The molecule has 1 aromatic heterocycles. The lowest BCUT2D eigenvalue weighted by Crippen LogP contribution is -2.10. The molecule has 0 atom stereocenters. The maximum Gasteiger partial charge on any atom is 0.437 e. The molecule has 1 aromatic carbocycles. The Morgan fingerprint density at radius 2 is 1.95 bits per heavy atom. The third kappa shape index (κ3) is 2.91. The largest absolute Gasteiger partial charge is 0.437 e. The van der Waals surface area contributed by atoms with Crippen molar-refractivity contribution in [3.05, 3.63) is 51.7 Å². The first-order chi connectivity index (χ1) is 9.74. The van der Waals surface area contributed by atoms with Crippen molar-refractivity contribution >= 4 is 5.69 Å². The quantitative estimate of drug-likeness (QED) is 0.637. The molecule has 112 valence electrons. The molecule has 0 spiro atoms. The summed E-state index contributed by atoms with van der Waals surface area (Å²) in [6.45, 7) is 0.830. The highest BCUT2D eigenvalue weighted by Crippen LogP contribution is 2.37. The molecule has 2 rings (SSSR count). The minimum atomic E-state index is -4.85. The van der Waals surface area contributed by atoms with Gasteiger partial charge in [0.15, 0.2) is 11.4 Å². The van der Waals surface area contributed by atoms with Crippen LogP contribution in [0, 0.1) is 23.5 Å². The Morgan fingerprint density at radius 1 is 1.29 bits per heavy atom. The minimum absolute atomic E-state index is 0.0619. The molecule has 4 nitrogen and oxygen atoms in total. The number of benzene rings is 1. The standard InChI is InChI=1S/C12H8F5N3O/c1-6-10(19-21)11(12(15,16)17)18-20(6)5-7-2-3-8(13)4-9(7)14/h2-4H,5H2,1H3. The number of rotatable bonds is 3. The molecule has 0 aliphatic rings. The summed E-state index contributed by atoms with van der Waals surface area (Å²) in [5.74, 6) is -1.72. The molecular weight excluding hydrogens is 297 g/mol. The van der Waals surface area contributed by atoms with E-state index in [1.807, 2.05) is 0 Å². The summed E-state index contributed by atoms with van der Waals surface area (Å²) < 4.78 is 65.2. The number of aromatic nitrogens is 2. The van der Waals surface area contributed by atoms with Gasteiger partial charge in [0.1, 0.15) is 11.6 Å². The predicted molar refractivity (Wildman–Crippen MR) is 62.9 cm³/mol. The first kappa shape index (κ1) is 15.1. The van der Waals surface area contributed by atoms with Crippen molar-refractivity contribution in [1.29, 1.82) is 0 Å². The number of hydrogen-bond acceptors (Lipinski definition) is 3. The number of nitrogens with zero attached hydrogens (tertiary/aromatic N) is 3. The van der Waals surface area contributed by atoms with Crippen LogP contribution in [0.1, 0.15) is 17.0 Å². The Bertz CT molecular complexity index is 693. The van der Waals surface area contributed by atoms with Crippen LogP contribution in [0.15, 0.2) is 23.4 Å². The van der Waals surface area contributed by atoms with E-state index in [9.17, 15) is 26.9 Å². The summed E-state index contributed by atoms with van der Waals surface area (Å²) in [6, 6.07) is 2.67. The molecule has 0 bridgehead atoms. The minimum Gasteiger partial charge on any atom is -0.262 e. The molecule has 21 heavy (non-hydrogen) atoms. The molecule has 9 heteroatoms. The fourth-order valence-electron chi connectivity index (χ4n) is 1.80. The molecule has 0 aliphatic heterocycles. The predicted octanol–water partition coefficient (Wildman–Crippen LogP) is 3.93. The van der Waals surface area contributed by atoms with Crippen molar-refractivity contribution < 1.29 is 22.0 Å². The van der Waals surface area contributed by atoms with Crippen molar-refractivity contribution in [2.24, 2.45) is 5.18 Å². The lowest BCUT2D eigenvalue weighted by molar-refractivity contribution is -0.140. The molecule has 0 saturated carbocycles. The highest BCUT2D eigenvalue weighted by Gasteiger charge is 2.39. The summed E-state index contributed by atoms with van der Waals surface area (Å²) in [7, 11) is 0. The summed E-state index contributed by atoms with van der Waals surface area (Å²) in [5.41, 5.74) is -2.49. The lowest BCUT2D eigenvalue weighted by Gasteiger charge is -2.06. The molecule has 0 amide bonds. The summed E-state index contributed by atoms with van der Waals surface area (Å²) >= 11 is 0. The second-order valence-corrected chi connectivity index (χ2v) is 4.27. The van der Waals surface area contributed by atoms with Crippen LogP contribution in [-0.4, -0.2) is 9.78 Å². The van der Waals surface area contributed by atoms with Crippen molar-refractivity contribution in [3.8, 4) is 0 Å². The summed E-state index contributed by atoms with van der Waals surface area (Å²) in [6.07, 6.45) is -4.85. The lowest BCUT2D eigenvalue weighted by atomic mass is 10.2. The average molecular weight is 305 g/mol. The molecule has 2 aromatic rings. The van der Waals surface area contributed by atoms with E-state index in [-0.39, 0.29) is 17.8 Å². The fourth-order valence-corrected chi connectivity index (χ4v) is 1.80. The zero-order valence-electron chi connectivity index (χ0n) is 10.6. The van der Waals surface area contributed by atoms with Gasteiger partial charge in [-0.3, -0.25) is 4.68 Å². The Balaban J connectivity index is 2.46. The smallest absolute Gasteiger partial charge is 0.262 e. The molecule has 0 saturated heterocycles. The first-order valence-corrected chi connectivity index (χ1v) is 5.66. The van der Waals surface area contributed by atoms with E-state index in [1.165, 1.54) is 6.92 Å². The van der Waals surface area contributed by atoms with Gasteiger partial charge in [-0.25, -0.2) is 8.78 Å². The van der Waals surface area contributed by atoms with Gasteiger partial charge in [-0.15, -0.1) is 4.91 Å². The Kier molecular flexibility index (Phi) is 3.75. The van der Waals surface area contributed by atoms with Crippen LogP contribution in [0.25, 0.3) is 0 Å². The van der Waals surface area contributed by atoms with Gasteiger partial charge in [-0.05, 0) is 18.2 Å². The van der Waals surface area contributed by atoms with Crippen LogP contribution in [0.4, 0.5) is 27.6 Å². The zero-order valence-corrected chi connectivity index (χ0v) is 10.6. The number of alkyl halides is 3. The SMILES string of the molecule is Cc1c(N=O)c(C(F)(F)F)nn1Cc1ccc(F)cc1F. The van der Waals surface area contributed by atoms with E-state index in [0.29, 0.717) is 6.07 Å². The normalized spacial score (nSPS) is 11.7. The Hall–Kier alpha value is -2.32. The second-order valence-electron chi connectivity index (χ2n) is 4.27. The Labute approximate surface area is 115 Å². The van der Waals surface area contributed by atoms with Crippen LogP contribution >= 0.6 is 0 Å². The Morgan fingerprint density at radius 3 is 2.43 bits per heavy atom. The van der Waals surface area contributed by atoms with Crippen LogP contribution in [-0.2, 0) is 12.7 Å². The van der Waals surface area contributed by atoms with Crippen molar-refractivity contribution in [2.45, 2.75) is 19.6 Å². The zero-order chi connectivity index (χ0) is 15.8. The van der Waals surface area contributed by atoms with Gasteiger partial charge in [0.2, 0.25) is 0 Å². The highest BCUT2D eigenvalue weighted by molar-refractivity contribution is 5.48. The van der Waals surface area contributed by atoms with Crippen LogP contribution in [0.3, 0.4) is 0 Å². The highest BCUT2D eigenvalue weighted by atomic mass is 19.4. The van der Waals surface area contributed by atoms with Crippen LogP contribution < -0.4 is 0 Å². The number of hydrogen-bond donors (Lipinski definition) is 0. The molecular formula is C12H8F5N3O. The van der Waals surface area contributed by atoms with Gasteiger partial charge in [0, 0.05) is 11.6 Å². The fraction of sp³-hybridized carbons (Fsp3) is 0.250. The number of halogens is 5. The molecule has 0 fully saturated rings. The van der Waals surface area contributed by atoms with Gasteiger partial charge < -0.3 is 0 Å². The molecule has 0 unspecified atom stereocenters. The topological polar surface area (TPSA) is 47.2 Å². The van der Waals surface area contributed by atoms with Gasteiger partial charge in [0.25, 0.3) is 0 Å². The van der Waals surface area contributed by atoms with Gasteiger partial charge >= 0.3 is 6.18 Å². The van der Waals surface area contributed by atoms with E-state index in [0.717, 1.165) is 16.8 Å². The molecule has 0 aliphatic carbocycles. The van der Waals surface area contributed by atoms with Gasteiger partial charge in [0.05, 0.1) is 12.2 Å². The molecule has 0 radical (unpaired) electrons. The van der Waals surface area contributed by atoms with E-state index in [2.05, 4.69) is 10.3 Å². The monoisotopic (exact) mass is 305 g/mol. The molecule has 0 N–H and O–H groups in total. The number of nitroso groups, excluding NO2 is 1. The van der Waals surface area contributed by atoms with Gasteiger partial charge in [-0.2, -0.15) is 18.3 Å². The summed E-state index contributed by atoms with van der Waals surface area (Å²) in [5, 5.41) is 5.58. The maximum atomic E-state index is 13.5. The van der Waals surface area contributed by atoms with Crippen LogP contribution in [0.5, 0.6) is 0 Å². The second kappa shape index (κ2) is 5.23. The van der Waals surface area contributed by atoms with E-state index in [4.69, 9.17) is 0 Å². The first-order valence-electron chi connectivity index (χ1n) is 5.66. The third-order valence-electron chi connectivity index (χ3n) is 2.87. The van der Waals surface area contributed by atoms with Crippen LogP contribution in [0.2, 0.25) is 0 Å².